The number of phosphoric acid groups is 1. The van der Waals surface area contributed by atoms with Crippen LogP contribution < -0.4 is 0 Å². The topological polar surface area (TPSA) is 108 Å². The minimum Gasteiger partial charge on any atom is -0.462 e. The summed E-state index contributed by atoms with van der Waals surface area (Å²) in [5.41, 5.74) is 0. The zero-order valence-electron chi connectivity index (χ0n) is 48.9. The highest BCUT2D eigenvalue weighted by atomic mass is 31.2. The summed E-state index contributed by atoms with van der Waals surface area (Å²) in [5.74, 6) is -0.841. The van der Waals surface area contributed by atoms with Crippen LogP contribution in [0.4, 0.5) is 0 Å². The lowest BCUT2D eigenvalue weighted by Gasteiger charge is -2.24. The summed E-state index contributed by atoms with van der Waals surface area (Å²) in [7, 11) is 1.44. The first-order valence-corrected chi connectivity index (χ1v) is 31.4. The normalized spacial score (nSPS) is 14.2. The highest BCUT2D eigenvalue weighted by molar-refractivity contribution is 7.47. The van der Waals surface area contributed by atoms with Crippen molar-refractivity contribution in [2.24, 2.45) is 0 Å². The second-order valence-electron chi connectivity index (χ2n) is 20.7. The molecule has 0 aromatic heterocycles. The fourth-order valence-electron chi connectivity index (χ4n) is 7.61. The predicted octanol–water partition coefficient (Wildman–Crippen LogP) is 18.9. The Hall–Kier alpha value is -3.85. The van der Waals surface area contributed by atoms with Crippen molar-refractivity contribution in [3.8, 4) is 0 Å². The SMILES string of the molecule is CC/C=C\C/C=C\C/C=C\C/C=C\C/C=C\C/C=C\C/C=C\C/C=C\C/C=C\C/C=C\C/C=C\CCCCCC(=O)OC(COC(=O)CCCCCCCCCCCCCCCCC)COP(=O)(O)OCC[N+](C)(C)C. The van der Waals surface area contributed by atoms with E-state index in [0.717, 1.165) is 109 Å². The minimum atomic E-state index is -4.40. The average Bonchev–Trinajstić information content (AvgIpc) is 3.38. The number of hydrogen-bond acceptors (Lipinski definition) is 7. The molecule has 2 unspecified atom stereocenters. The number of ether oxygens (including phenoxy) is 2. The molecule has 1 N–H and O–H groups in total. The van der Waals surface area contributed by atoms with E-state index in [-0.39, 0.29) is 32.0 Å². The summed E-state index contributed by atoms with van der Waals surface area (Å²) in [4.78, 5) is 35.6. The van der Waals surface area contributed by atoms with Crippen LogP contribution in [-0.2, 0) is 32.7 Å². The number of carbonyl (C=O) groups is 2. The second kappa shape index (κ2) is 55.9. The molecule has 0 aliphatic rings. The molecule has 0 rings (SSSR count). The number of phosphoric ester groups is 1. The van der Waals surface area contributed by atoms with Crippen molar-refractivity contribution in [1.82, 2.24) is 0 Å². The molecule has 0 heterocycles. The Morgan fingerprint density at radius 3 is 1.12 bits per heavy atom. The molecule has 432 valence electrons. The molecule has 0 aliphatic carbocycles. The fourth-order valence-corrected chi connectivity index (χ4v) is 8.35. The van der Waals surface area contributed by atoms with Crippen molar-refractivity contribution in [2.75, 3.05) is 47.5 Å². The van der Waals surface area contributed by atoms with Crippen LogP contribution >= 0.6 is 7.82 Å². The third kappa shape index (κ3) is 59.4. The van der Waals surface area contributed by atoms with Gasteiger partial charge in [0.15, 0.2) is 6.10 Å². The van der Waals surface area contributed by atoms with E-state index in [1.165, 1.54) is 77.0 Å². The first-order valence-electron chi connectivity index (χ1n) is 29.9. The third-order valence-corrected chi connectivity index (χ3v) is 13.2. The Kier molecular flexibility index (Phi) is 53.1. The summed E-state index contributed by atoms with van der Waals surface area (Å²) in [6, 6.07) is 0. The summed E-state index contributed by atoms with van der Waals surface area (Å²) < 4.78 is 34.5. The van der Waals surface area contributed by atoms with E-state index in [2.05, 4.69) is 148 Å². The van der Waals surface area contributed by atoms with E-state index >= 15 is 0 Å². The van der Waals surface area contributed by atoms with Gasteiger partial charge in [-0.2, -0.15) is 0 Å². The molecule has 2 atom stereocenters. The number of allylic oxidation sites excluding steroid dienone is 22. The highest BCUT2D eigenvalue weighted by Gasteiger charge is 2.27. The maximum atomic E-state index is 12.8. The van der Waals surface area contributed by atoms with Crippen molar-refractivity contribution in [2.45, 2.75) is 225 Å². The van der Waals surface area contributed by atoms with Gasteiger partial charge in [-0.15, -0.1) is 0 Å². The van der Waals surface area contributed by atoms with Crippen LogP contribution in [-0.4, -0.2) is 74.9 Å². The summed E-state index contributed by atoms with van der Waals surface area (Å²) >= 11 is 0. The van der Waals surface area contributed by atoms with Crippen LogP contribution in [0.25, 0.3) is 0 Å². The lowest BCUT2D eigenvalue weighted by atomic mass is 10.0. The molecular weight excluding hydrogens is 966 g/mol. The van der Waals surface area contributed by atoms with Gasteiger partial charge in [0, 0.05) is 12.8 Å². The van der Waals surface area contributed by atoms with Gasteiger partial charge in [-0.3, -0.25) is 18.6 Å². The van der Waals surface area contributed by atoms with Gasteiger partial charge >= 0.3 is 19.8 Å². The smallest absolute Gasteiger partial charge is 0.462 e. The average molecular weight is 1080 g/mol. The monoisotopic (exact) mass is 1080 g/mol. The molecule has 0 radical (unpaired) electrons. The van der Waals surface area contributed by atoms with Crippen LogP contribution in [0, 0.1) is 0 Å². The number of carbonyl (C=O) groups excluding carboxylic acids is 2. The first kappa shape index (κ1) is 72.2. The molecule has 10 heteroatoms. The summed E-state index contributed by atoms with van der Waals surface area (Å²) in [5, 5.41) is 0. The Morgan fingerprint density at radius 2 is 0.750 bits per heavy atom. The van der Waals surface area contributed by atoms with Crippen LogP contribution in [0.2, 0.25) is 0 Å². The number of rotatable bonds is 53. The standard InChI is InChI=1S/C66H110NO8P/c1-6-8-10-12-14-16-18-20-22-23-24-25-26-27-28-29-30-31-32-33-34-35-36-37-38-39-40-41-42-43-45-47-49-51-53-55-57-59-66(69)75-64(63-74-76(70,71)73-61-60-67(3,4)5)62-72-65(68)58-56-54-52-50-48-46-44-21-19-17-15-13-11-9-7-2/h8,10,14,16,20,22,24-25,27-28,30-31,33-34,36-37,39-40,42-43,47,49,64H,6-7,9,11-13,15,17-19,21,23,26,29,32,35,38,41,44-46,48,50-63H2,1-5H3/p+1/b10-8-,16-14-,22-20-,25-24-,28-27-,31-30-,34-33-,37-36-,40-39-,43-42-,49-47-. The summed E-state index contributed by atoms with van der Waals surface area (Å²) in [6.45, 7) is 4.27. The van der Waals surface area contributed by atoms with Crippen molar-refractivity contribution in [3.05, 3.63) is 134 Å². The number of esters is 2. The van der Waals surface area contributed by atoms with Crippen molar-refractivity contribution in [3.63, 3.8) is 0 Å². The van der Waals surface area contributed by atoms with Gasteiger partial charge in [0.05, 0.1) is 27.7 Å². The maximum Gasteiger partial charge on any atom is 0.472 e. The minimum absolute atomic E-state index is 0.0191. The fraction of sp³-hybridized carbons (Fsp3) is 0.636. The van der Waals surface area contributed by atoms with Gasteiger partial charge < -0.3 is 18.9 Å². The van der Waals surface area contributed by atoms with Gasteiger partial charge in [0.25, 0.3) is 0 Å². The molecule has 0 spiro atoms. The highest BCUT2D eigenvalue weighted by Crippen LogP contribution is 2.43. The molecule has 0 bridgehead atoms. The largest absolute Gasteiger partial charge is 0.472 e. The maximum absolute atomic E-state index is 12.8. The van der Waals surface area contributed by atoms with E-state index in [1.807, 2.05) is 21.1 Å². The molecule has 0 aromatic carbocycles. The first-order chi connectivity index (χ1) is 37.0. The van der Waals surface area contributed by atoms with Gasteiger partial charge in [0.2, 0.25) is 0 Å². The molecule has 0 saturated carbocycles. The van der Waals surface area contributed by atoms with Crippen LogP contribution in [0.1, 0.15) is 219 Å². The third-order valence-electron chi connectivity index (χ3n) is 12.2. The Labute approximate surface area is 466 Å². The van der Waals surface area contributed by atoms with Crippen LogP contribution in [0.3, 0.4) is 0 Å². The lowest BCUT2D eigenvalue weighted by Crippen LogP contribution is -2.37. The Balaban J connectivity index is 4.23. The lowest BCUT2D eigenvalue weighted by molar-refractivity contribution is -0.870. The molecule has 0 aliphatic heterocycles. The van der Waals surface area contributed by atoms with Crippen molar-refractivity contribution >= 4 is 19.8 Å². The zero-order valence-corrected chi connectivity index (χ0v) is 49.8. The Morgan fingerprint density at radius 1 is 0.421 bits per heavy atom. The molecule has 0 fully saturated rings. The molecule has 76 heavy (non-hydrogen) atoms. The molecule has 0 saturated heterocycles. The number of unbranched alkanes of at least 4 members (excludes halogenated alkanes) is 17. The Bertz CT molecular complexity index is 1740. The van der Waals surface area contributed by atoms with E-state index < -0.39 is 26.5 Å². The molecule has 0 amide bonds. The van der Waals surface area contributed by atoms with E-state index in [4.69, 9.17) is 18.5 Å². The predicted molar refractivity (Wildman–Crippen MR) is 325 cm³/mol. The van der Waals surface area contributed by atoms with Gasteiger partial charge in [-0.05, 0) is 96.3 Å². The van der Waals surface area contributed by atoms with E-state index in [9.17, 15) is 19.0 Å². The number of likely N-dealkylation sites (N-methyl/N-ethyl adjacent to an activating group) is 1. The number of hydrogen-bond donors (Lipinski definition) is 1. The van der Waals surface area contributed by atoms with Crippen LogP contribution in [0.5, 0.6) is 0 Å². The van der Waals surface area contributed by atoms with Crippen LogP contribution in [0.15, 0.2) is 134 Å². The summed E-state index contributed by atoms with van der Waals surface area (Å²) in [6.07, 6.45) is 81.0. The van der Waals surface area contributed by atoms with E-state index in [0.29, 0.717) is 17.4 Å². The zero-order chi connectivity index (χ0) is 55.6. The number of quaternary nitrogens is 1. The van der Waals surface area contributed by atoms with Crippen molar-refractivity contribution in [1.29, 1.82) is 0 Å². The van der Waals surface area contributed by atoms with E-state index in [1.54, 1.807) is 0 Å². The van der Waals surface area contributed by atoms with Gasteiger partial charge in [-0.25, -0.2) is 4.57 Å². The number of nitrogens with zero attached hydrogens (tertiary/aromatic N) is 1. The van der Waals surface area contributed by atoms with Gasteiger partial charge in [0.1, 0.15) is 19.8 Å². The second-order valence-corrected chi connectivity index (χ2v) is 22.1. The molecular formula is C66H111NO8P+. The quantitative estimate of drug-likeness (QED) is 0.0211. The molecule has 9 nitrogen and oxygen atoms in total. The van der Waals surface area contributed by atoms with Crippen molar-refractivity contribution < 1.29 is 42.1 Å². The van der Waals surface area contributed by atoms with Gasteiger partial charge in [-0.1, -0.05) is 244 Å². The molecule has 0 aromatic rings.